The third-order valence-electron chi connectivity index (χ3n) is 2.28. The first-order chi connectivity index (χ1) is 8.15. The van der Waals surface area contributed by atoms with Crippen LogP contribution in [0.25, 0.3) is 0 Å². The third kappa shape index (κ3) is 3.44. The summed E-state index contributed by atoms with van der Waals surface area (Å²) in [4.78, 5) is 14.9. The quantitative estimate of drug-likeness (QED) is 0.682. The molecule has 4 nitrogen and oxygen atoms in total. The van der Waals surface area contributed by atoms with Gasteiger partial charge in [0.05, 0.1) is 10.7 Å². The van der Waals surface area contributed by atoms with Crippen LogP contribution in [-0.2, 0) is 16.0 Å². The average Bonchev–Trinajstić information content (AvgIpc) is 2.70. The summed E-state index contributed by atoms with van der Waals surface area (Å²) in [5.41, 5.74) is 1.85. The SMILES string of the molecule is O=C1C=C(NCCc2cnc(Br)c(Cl)c2)CO1. The van der Waals surface area contributed by atoms with E-state index in [0.717, 1.165) is 17.7 Å². The Morgan fingerprint density at radius 2 is 2.41 bits per heavy atom. The zero-order valence-corrected chi connectivity index (χ0v) is 11.2. The van der Waals surface area contributed by atoms with E-state index in [1.165, 1.54) is 6.08 Å². The molecule has 0 aromatic carbocycles. The van der Waals surface area contributed by atoms with E-state index in [1.54, 1.807) is 6.20 Å². The van der Waals surface area contributed by atoms with Gasteiger partial charge in [-0.15, -0.1) is 0 Å². The van der Waals surface area contributed by atoms with Gasteiger partial charge in [-0.1, -0.05) is 11.6 Å². The topological polar surface area (TPSA) is 51.2 Å². The molecular weight excluding hydrogens is 307 g/mol. The van der Waals surface area contributed by atoms with E-state index in [2.05, 4.69) is 26.2 Å². The number of nitrogens with one attached hydrogen (secondary N) is 1. The van der Waals surface area contributed by atoms with Gasteiger partial charge in [0.25, 0.3) is 0 Å². The fourth-order valence-electron chi connectivity index (χ4n) is 1.44. The summed E-state index contributed by atoms with van der Waals surface area (Å²) in [7, 11) is 0. The molecule has 0 fully saturated rings. The molecule has 1 aromatic heterocycles. The summed E-state index contributed by atoms with van der Waals surface area (Å²) in [6.07, 6.45) is 4.01. The Hall–Kier alpha value is -1.07. The molecule has 0 saturated carbocycles. The Labute approximate surface area is 112 Å². The van der Waals surface area contributed by atoms with Crippen LogP contribution in [-0.4, -0.2) is 24.1 Å². The number of carbonyl (C=O) groups excluding carboxylic acids is 1. The summed E-state index contributed by atoms with van der Waals surface area (Å²) in [6.45, 7) is 1.04. The Balaban J connectivity index is 1.84. The minimum absolute atomic E-state index is 0.291. The molecule has 1 aliphatic heterocycles. The maximum absolute atomic E-state index is 10.8. The molecule has 0 radical (unpaired) electrons. The molecule has 1 aliphatic rings. The zero-order valence-electron chi connectivity index (χ0n) is 8.87. The van der Waals surface area contributed by atoms with Crippen molar-refractivity contribution in [3.8, 4) is 0 Å². The summed E-state index contributed by atoms with van der Waals surface area (Å²) in [6, 6.07) is 1.87. The average molecular weight is 318 g/mol. The molecule has 6 heteroatoms. The third-order valence-corrected chi connectivity index (χ3v) is 3.43. The van der Waals surface area contributed by atoms with Crippen molar-refractivity contribution in [2.45, 2.75) is 6.42 Å². The fourth-order valence-corrected chi connectivity index (χ4v) is 1.85. The predicted molar refractivity (Wildman–Crippen MR) is 67.7 cm³/mol. The normalized spacial score (nSPS) is 14.5. The Kier molecular flexibility index (Phi) is 4.02. The lowest BCUT2D eigenvalue weighted by molar-refractivity contribution is -0.134. The minimum Gasteiger partial charge on any atom is -0.456 e. The van der Waals surface area contributed by atoms with Crippen LogP contribution in [0.5, 0.6) is 0 Å². The van der Waals surface area contributed by atoms with Gasteiger partial charge in [0.15, 0.2) is 0 Å². The van der Waals surface area contributed by atoms with Crippen LogP contribution in [0.1, 0.15) is 5.56 Å². The number of ether oxygens (including phenoxy) is 1. The maximum atomic E-state index is 10.8. The number of aromatic nitrogens is 1. The number of esters is 1. The van der Waals surface area contributed by atoms with Crippen LogP contribution in [0.3, 0.4) is 0 Å². The molecule has 0 bridgehead atoms. The van der Waals surface area contributed by atoms with Gasteiger partial charge in [0.2, 0.25) is 0 Å². The Morgan fingerprint density at radius 3 is 3.06 bits per heavy atom. The minimum atomic E-state index is -0.291. The standard InChI is InChI=1S/C11H10BrClN2O2/c12-11-9(13)3-7(5-15-11)1-2-14-8-4-10(16)17-6-8/h3-5,14H,1-2,6H2. The van der Waals surface area contributed by atoms with Gasteiger partial charge >= 0.3 is 5.97 Å². The first-order valence-electron chi connectivity index (χ1n) is 5.06. The van der Waals surface area contributed by atoms with Crippen LogP contribution in [0.4, 0.5) is 0 Å². The van der Waals surface area contributed by atoms with Crippen molar-refractivity contribution in [1.82, 2.24) is 10.3 Å². The first-order valence-corrected chi connectivity index (χ1v) is 6.23. The second-order valence-electron chi connectivity index (χ2n) is 3.57. The molecule has 0 unspecified atom stereocenters. The molecule has 0 spiro atoms. The van der Waals surface area contributed by atoms with Gasteiger partial charge in [-0.2, -0.15) is 0 Å². The summed E-state index contributed by atoms with van der Waals surface area (Å²) in [5, 5.41) is 3.73. The first kappa shape index (κ1) is 12.4. The number of rotatable bonds is 4. The van der Waals surface area contributed by atoms with Crippen molar-refractivity contribution in [1.29, 1.82) is 0 Å². The number of cyclic esters (lactones) is 1. The number of hydrogen-bond donors (Lipinski definition) is 1. The van der Waals surface area contributed by atoms with Crippen molar-refractivity contribution in [2.75, 3.05) is 13.2 Å². The molecule has 17 heavy (non-hydrogen) atoms. The number of pyridine rings is 1. The molecule has 0 aliphatic carbocycles. The molecule has 1 aromatic rings. The highest BCUT2D eigenvalue weighted by molar-refractivity contribution is 9.10. The molecule has 1 N–H and O–H groups in total. The highest BCUT2D eigenvalue weighted by Crippen LogP contribution is 2.20. The van der Waals surface area contributed by atoms with Crippen LogP contribution < -0.4 is 5.32 Å². The van der Waals surface area contributed by atoms with Gasteiger partial charge in [-0.3, -0.25) is 0 Å². The van der Waals surface area contributed by atoms with Gasteiger partial charge < -0.3 is 10.1 Å². The maximum Gasteiger partial charge on any atom is 0.333 e. The molecule has 2 rings (SSSR count). The number of nitrogens with zero attached hydrogens (tertiary/aromatic N) is 1. The summed E-state index contributed by atoms with van der Waals surface area (Å²) < 4.78 is 5.42. The van der Waals surface area contributed by atoms with Crippen LogP contribution >= 0.6 is 27.5 Å². The molecule has 2 heterocycles. The van der Waals surface area contributed by atoms with E-state index >= 15 is 0 Å². The highest BCUT2D eigenvalue weighted by Gasteiger charge is 2.11. The summed E-state index contributed by atoms with van der Waals surface area (Å²) in [5.74, 6) is -0.291. The van der Waals surface area contributed by atoms with Crippen molar-refractivity contribution in [3.05, 3.63) is 39.2 Å². The van der Waals surface area contributed by atoms with Gasteiger partial charge in [0.1, 0.15) is 11.2 Å². The van der Waals surface area contributed by atoms with E-state index < -0.39 is 0 Å². The predicted octanol–water partition coefficient (Wildman–Crippen LogP) is 2.07. The highest BCUT2D eigenvalue weighted by atomic mass is 79.9. The van der Waals surface area contributed by atoms with Crippen molar-refractivity contribution in [2.24, 2.45) is 0 Å². The molecular formula is C11H10BrClN2O2. The molecule has 0 atom stereocenters. The number of halogens is 2. The molecule has 0 saturated heterocycles. The summed E-state index contributed by atoms with van der Waals surface area (Å²) >= 11 is 9.17. The smallest absolute Gasteiger partial charge is 0.333 e. The van der Waals surface area contributed by atoms with E-state index in [-0.39, 0.29) is 5.97 Å². The zero-order chi connectivity index (χ0) is 12.3. The van der Waals surface area contributed by atoms with E-state index in [4.69, 9.17) is 16.3 Å². The van der Waals surface area contributed by atoms with Crippen molar-refractivity contribution >= 4 is 33.5 Å². The number of hydrogen-bond acceptors (Lipinski definition) is 4. The Bertz CT molecular complexity index is 477. The molecule has 0 amide bonds. The fraction of sp³-hybridized carbons (Fsp3) is 0.273. The lowest BCUT2D eigenvalue weighted by Crippen LogP contribution is -2.17. The van der Waals surface area contributed by atoms with E-state index in [9.17, 15) is 4.79 Å². The van der Waals surface area contributed by atoms with Gasteiger partial charge in [0, 0.05) is 18.8 Å². The van der Waals surface area contributed by atoms with Crippen molar-refractivity contribution in [3.63, 3.8) is 0 Å². The van der Waals surface area contributed by atoms with Crippen LogP contribution in [0.15, 0.2) is 28.6 Å². The lowest BCUT2D eigenvalue weighted by Gasteiger charge is -2.06. The van der Waals surface area contributed by atoms with E-state index in [0.29, 0.717) is 22.8 Å². The lowest BCUT2D eigenvalue weighted by atomic mass is 10.2. The largest absolute Gasteiger partial charge is 0.456 e. The van der Waals surface area contributed by atoms with Crippen LogP contribution in [0, 0.1) is 0 Å². The second-order valence-corrected chi connectivity index (χ2v) is 4.73. The van der Waals surface area contributed by atoms with Gasteiger partial charge in [-0.25, -0.2) is 9.78 Å². The van der Waals surface area contributed by atoms with Crippen LogP contribution in [0.2, 0.25) is 5.02 Å². The Morgan fingerprint density at radius 1 is 1.59 bits per heavy atom. The second kappa shape index (κ2) is 5.51. The molecule has 90 valence electrons. The van der Waals surface area contributed by atoms with Crippen molar-refractivity contribution < 1.29 is 9.53 Å². The number of carbonyl (C=O) groups is 1. The van der Waals surface area contributed by atoms with E-state index in [1.807, 2.05) is 6.07 Å². The van der Waals surface area contributed by atoms with Gasteiger partial charge in [-0.05, 0) is 34.0 Å². The monoisotopic (exact) mass is 316 g/mol.